The first kappa shape index (κ1) is 22.4. The molecule has 34 heavy (non-hydrogen) atoms. The third kappa shape index (κ3) is 4.12. The number of benzene rings is 1. The van der Waals surface area contributed by atoms with Crippen LogP contribution in [0.1, 0.15) is 34.3 Å². The summed E-state index contributed by atoms with van der Waals surface area (Å²) in [6.07, 6.45) is 6.16. The quantitative estimate of drug-likeness (QED) is 0.178. The van der Waals surface area contributed by atoms with Gasteiger partial charge in [0.25, 0.3) is 0 Å². The molecule has 1 aliphatic heterocycles. The molecule has 3 aromatic heterocycles. The Kier molecular flexibility index (Phi) is 6.28. The second-order valence-corrected chi connectivity index (χ2v) is 11.4. The van der Waals surface area contributed by atoms with Crippen LogP contribution >= 0.6 is 39.0 Å². The van der Waals surface area contributed by atoms with E-state index in [2.05, 4.69) is 25.8 Å². The van der Waals surface area contributed by atoms with E-state index in [9.17, 15) is 4.79 Å². The van der Waals surface area contributed by atoms with Crippen molar-refractivity contribution in [3.05, 3.63) is 51.8 Å². The molecule has 174 valence electrons. The molecule has 0 N–H and O–H groups in total. The first-order valence-electron chi connectivity index (χ1n) is 11.5. The number of rotatable bonds is 5. The maximum absolute atomic E-state index is 12.7. The number of carbonyl (C=O) groups is 1. The van der Waals surface area contributed by atoms with E-state index in [1.54, 1.807) is 17.7 Å². The molecule has 9 heteroatoms. The molecule has 6 rings (SSSR count). The lowest BCUT2D eigenvalue weighted by Crippen LogP contribution is -2.37. The average molecular weight is 556 g/mol. The molecule has 0 amide bonds. The molecule has 1 aliphatic carbocycles. The lowest BCUT2D eigenvalue weighted by Gasteiger charge is -2.31. The molecule has 4 heterocycles. The van der Waals surface area contributed by atoms with E-state index in [1.165, 1.54) is 41.1 Å². The fraction of sp³-hybridized carbons (Fsp3) is 0.360. The second kappa shape index (κ2) is 9.53. The third-order valence-electron chi connectivity index (χ3n) is 6.48. The van der Waals surface area contributed by atoms with E-state index >= 15 is 0 Å². The van der Waals surface area contributed by atoms with Gasteiger partial charge in [0.2, 0.25) is 0 Å². The van der Waals surface area contributed by atoms with Crippen LogP contribution in [0.3, 0.4) is 0 Å². The van der Waals surface area contributed by atoms with Crippen LogP contribution in [-0.2, 0) is 17.6 Å². The number of fused-ring (bicyclic) bond motifs is 5. The highest BCUT2D eigenvalue weighted by molar-refractivity contribution is 9.10. The first-order chi connectivity index (χ1) is 16.7. The number of anilines is 1. The number of halogens is 1. The molecule has 6 nitrogen and oxygen atoms in total. The van der Waals surface area contributed by atoms with Crippen molar-refractivity contribution in [3.8, 4) is 0 Å². The van der Waals surface area contributed by atoms with E-state index in [1.807, 2.05) is 24.3 Å². The number of hydrogen-bond donors (Lipinski definition) is 0. The Labute approximate surface area is 214 Å². The fourth-order valence-electron chi connectivity index (χ4n) is 4.81. The van der Waals surface area contributed by atoms with Crippen LogP contribution in [0.25, 0.3) is 20.4 Å². The van der Waals surface area contributed by atoms with Gasteiger partial charge in [-0.25, -0.2) is 15.0 Å². The summed E-state index contributed by atoms with van der Waals surface area (Å²) in [5.41, 5.74) is 4.49. The molecule has 0 atom stereocenters. The van der Waals surface area contributed by atoms with E-state index < -0.39 is 0 Å². The van der Waals surface area contributed by atoms with Crippen LogP contribution in [0.2, 0.25) is 0 Å². The largest absolute Gasteiger partial charge is 0.378 e. The SMILES string of the molecule is O=C(CSc1ncnc2c1sc1nc(N3CCOCC3)c3c(c12)CCCC3)c1ccc(Br)cc1. The smallest absolute Gasteiger partial charge is 0.173 e. The molecular formula is C25H23BrN4O2S2. The monoisotopic (exact) mass is 554 g/mol. The molecule has 0 bridgehead atoms. The lowest BCUT2D eigenvalue weighted by atomic mass is 9.90. The van der Waals surface area contributed by atoms with Crippen LogP contribution in [0.4, 0.5) is 5.82 Å². The van der Waals surface area contributed by atoms with Crippen molar-refractivity contribution >= 4 is 71.1 Å². The maximum Gasteiger partial charge on any atom is 0.173 e. The number of ketones is 1. The summed E-state index contributed by atoms with van der Waals surface area (Å²) in [6, 6.07) is 7.50. The fourth-order valence-corrected chi connectivity index (χ4v) is 7.20. The van der Waals surface area contributed by atoms with E-state index in [0.29, 0.717) is 11.3 Å². The zero-order chi connectivity index (χ0) is 23.1. The number of nitrogens with zero attached hydrogens (tertiary/aromatic N) is 4. The lowest BCUT2D eigenvalue weighted by molar-refractivity contribution is 0.102. The van der Waals surface area contributed by atoms with Crippen LogP contribution in [0, 0.1) is 0 Å². The molecule has 0 radical (unpaired) electrons. The summed E-state index contributed by atoms with van der Waals surface area (Å²) < 4.78 is 7.58. The minimum Gasteiger partial charge on any atom is -0.378 e. The van der Waals surface area contributed by atoms with Crippen molar-refractivity contribution in [2.45, 2.75) is 30.7 Å². The highest BCUT2D eigenvalue weighted by atomic mass is 79.9. The second-order valence-electron chi connectivity index (χ2n) is 8.56. The number of carbonyl (C=O) groups excluding carboxylic acids is 1. The van der Waals surface area contributed by atoms with Gasteiger partial charge >= 0.3 is 0 Å². The number of Topliss-reactive ketones (excluding diaryl/α,β-unsaturated/α-hetero) is 1. The van der Waals surface area contributed by atoms with Gasteiger partial charge in [-0.1, -0.05) is 39.8 Å². The van der Waals surface area contributed by atoms with Crippen LogP contribution in [0.5, 0.6) is 0 Å². The third-order valence-corrected chi connectivity index (χ3v) is 9.21. The van der Waals surface area contributed by atoms with Crippen molar-refractivity contribution in [1.82, 2.24) is 15.0 Å². The number of aromatic nitrogens is 3. The molecular weight excluding hydrogens is 532 g/mol. The van der Waals surface area contributed by atoms with E-state index in [-0.39, 0.29) is 5.78 Å². The highest BCUT2D eigenvalue weighted by Gasteiger charge is 2.26. The minimum atomic E-state index is 0.0930. The molecule has 1 fully saturated rings. The van der Waals surface area contributed by atoms with Crippen molar-refractivity contribution in [2.75, 3.05) is 37.0 Å². The summed E-state index contributed by atoms with van der Waals surface area (Å²) in [7, 11) is 0. The average Bonchev–Trinajstić information content (AvgIpc) is 3.27. The Morgan fingerprint density at radius 3 is 2.65 bits per heavy atom. The van der Waals surface area contributed by atoms with Crippen molar-refractivity contribution in [2.24, 2.45) is 0 Å². The van der Waals surface area contributed by atoms with Crippen LogP contribution < -0.4 is 4.90 Å². The van der Waals surface area contributed by atoms with Gasteiger partial charge in [-0.3, -0.25) is 4.79 Å². The van der Waals surface area contributed by atoms with Gasteiger partial charge < -0.3 is 9.64 Å². The topological polar surface area (TPSA) is 68.2 Å². The Morgan fingerprint density at radius 2 is 1.85 bits per heavy atom. The van der Waals surface area contributed by atoms with E-state index in [4.69, 9.17) is 14.7 Å². The van der Waals surface area contributed by atoms with Crippen molar-refractivity contribution in [3.63, 3.8) is 0 Å². The van der Waals surface area contributed by atoms with Gasteiger partial charge in [-0.05, 0) is 48.9 Å². The molecule has 4 aromatic rings. The van der Waals surface area contributed by atoms with E-state index in [0.717, 1.165) is 69.5 Å². The highest BCUT2D eigenvalue weighted by Crippen LogP contribution is 2.43. The minimum absolute atomic E-state index is 0.0930. The number of ether oxygens (including phenoxy) is 1. The molecule has 0 spiro atoms. The predicted octanol–water partition coefficient (Wildman–Crippen LogP) is 5.69. The molecule has 0 unspecified atom stereocenters. The van der Waals surface area contributed by atoms with Gasteiger partial charge in [-0.15, -0.1) is 11.3 Å². The number of aryl methyl sites for hydroxylation is 1. The Balaban J connectivity index is 1.39. The van der Waals surface area contributed by atoms with Crippen molar-refractivity contribution < 1.29 is 9.53 Å². The summed E-state index contributed by atoms with van der Waals surface area (Å²) in [6.45, 7) is 3.27. The first-order valence-corrected chi connectivity index (χ1v) is 14.1. The number of hydrogen-bond acceptors (Lipinski definition) is 8. The van der Waals surface area contributed by atoms with Gasteiger partial charge in [0.05, 0.1) is 29.2 Å². The Hall–Kier alpha value is -2.07. The molecule has 2 aliphatic rings. The van der Waals surface area contributed by atoms with Crippen molar-refractivity contribution in [1.29, 1.82) is 0 Å². The van der Waals surface area contributed by atoms with Gasteiger partial charge in [-0.2, -0.15) is 0 Å². The number of thioether (sulfide) groups is 1. The number of morpholine rings is 1. The predicted molar refractivity (Wildman–Crippen MR) is 142 cm³/mol. The summed E-state index contributed by atoms with van der Waals surface area (Å²) in [5.74, 6) is 1.56. The summed E-state index contributed by atoms with van der Waals surface area (Å²) in [4.78, 5) is 30.6. The van der Waals surface area contributed by atoms with Crippen LogP contribution in [-0.4, -0.2) is 52.8 Å². The normalized spacial score (nSPS) is 16.2. The zero-order valence-electron chi connectivity index (χ0n) is 18.6. The molecule has 1 aromatic carbocycles. The van der Waals surface area contributed by atoms with Gasteiger partial charge in [0.1, 0.15) is 22.0 Å². The van der Waals surface area contributed by atoms with Crippen LogP contribution in [0.15, 0.2) is 40.1 Å². The number of pyridine rings is 1. The Morgan fingerprint density at radius 1 is 1.09 bits per heavy atom. The maximum atomic E-state index is 12.7. The van der Waals surface area contributed by atoms with Gasteiger partial charge in [0, 0.05) is 28.5 Å². The molecule has 1 saturated heterocycles. The zero-order valence-corrected chi connectivity index (χ0v) is 21.8. The number of thiophene rings is 1. The Bertz CT molecular complexity index is 1380. The molecule has 0 saturated carbocycles. The summed E-state index contributed by atoms with van der Waals surface area (Å²) >= 11 is 6.56. The summed E-state index contributed by atoms with van der Waals surface area (Å²) in [5, 5.41) is 2.05. The van der Waals surface area contributed by atoms with Gasteiger partial charge in [0.15, 0.2) is 5.78 Å². The standard InChI is InChI=1S/C25H23BrN4O2S2/c26-16-7-5-15(6-8-16)19(31)13-33-25-22-21(27-14-28-25)20-17-3-1-2-4-18(17)23(29-24(20)34-22)30-9-11-32-12-10-30/h5-8,14H,1-4,9-13H2.